The fraction of sp³-hybridized carbons (Fsp3) is 0.429. The standard InChI is InChI=1S/C21H27N/c1-17-8-10-19(11-9-17)21(2)14-12-20(13-15-21)22-16-18-6-4-3-5-7-18/h3-11,20,22H,12-16H2,1-2H3/t20-,21+. The minimum absolute atomic E-state index is 0.360. The van der Waals surface area contributed by atoms with Crippen LogP contribution in [0.3, 0.4) is 0 Å². The molecule has 0 unspecified atom stereocenters. The van der Waals surface area contributed by atoms with Crippen LogP contribution in [-0.2, 0) is 12.0 Å². The molecule has 0 spiro atoms. The van der Waals surface area contributed by atoms with Crippen LogP contribution in [0.2, 0.25) is 0 Å². The average molecular weight is 293 g/mol. The highest BCUT2D eigenvalue weighted by molar-refractivity contribution is 5.28. The second kappa shape index (κ2) is 6.66. The molecular formula is C21H27N. The van der Waals surface area contributed by atoms with Crippen molar-refractivity contribution in [1.82, 2.24) is 5.32 Å². The van der Waals surface area contributed by atoms with Gasteiger partial charge in [-0.3, -0.25) is 0 Å². The number of rotatable bonds is 4. The van der Waals surface area contributed by atoms with Crippen LogP contribution in [0, 0.1) is 6.92 Å². The number of benzene rings is 2. The van der Waals surface area contributed by atoms with Crippen LogP contribution < -0.4 is 5.32 Å². The van der Waals surface area contributed by atoms with Gasteiger partial charge >= 0.3 is 0 Å². The first-order chi connectivity index (χ1) is 10.7. The molecule has 2 aromatic carbocycles. The summed E-state index contributed by atoms with van der Waals surface area (Å²) < 4.78 is 0. The molecule has 0 atom stereocenters. The molecule has 1 fully saturated rings. The molecule has 1 aliphatic carbocycles. The van der Waals surface area contributed by atoms with Gasteiger partial charge in [-0.25, -0.2) is 0 Å². The van der Waals surface area contributed by atoms with Crippen LogP contribution in [0.5, 0.6) is 0 Å². The molecule has 1 nitrogen and oxygen atoms in total. The van der Waals surface area contributed by atoms with E-state index in [9.17, 15) is 0 Å². The fourth-order valence-electron chi connectivity index (χ4n) is 3.56. The van der Waals surface area contributed by atoms with Crippen molar-refractivity contribution in [3.63, 3.8) is 0 Å². The molecular weight excluding hydrogens is 266 g/mol. The van der Waals surface area contributed by atoms with Crippen molar-refractivity contribution in [2.75, 3.05) is 0 Å². The molecule has 1 N–H and O–H groups in total. The Labute approximate surface area is 134 Å². The Bertz CT molecular complexity index is 577. The first-order valence-corrected chi connectivity index (χ1v) is 8.50. The van der Waals surface area contributed by atoms with E-state index in [-0.39, 0.29) is 0 Å². The number of hydrogen-bond acceptors (Lipinski definition) is 1. The number of aryl methyl sites for hydroxylation is 1. The molecule has 0 aromatic heterocycles. The van der Waals surface area contributed by atoms with Gasteiger partial charge in [-0.15, -0.1) is 0 Å². The van der Waals surface area contributed by atoms with Crippen molar-refractivity contribution in [3.05, 3.63) is 71.3 Å². The summed E-state index contributed by atoms with van der Waals surface area (Å²) in [4.78, 5) is 0. The van der Waals surface area contributed by atoms with Crippen molar-refractivity contribution in [1.29, 1.82) is 0 Å². The Hall–Kier alpha value is -1.60. The number of nitrogens with one attached hydrogen (secondary N) is 1. The Morgan fingerprint density at radius 1 is 0.955 bits per heavy atom. The van der Waals surface area contributed by atoms with E-state index in [1.165, 1.54) is 42.4 Å². The molecule has 0 radical (unpaired) electrons. The molecule has 22 heavy (non-hydrogen) atoms. The first-order valence-electron chi connectivity index (χ1n) is 8.50. The van der Waals surface area contributed by atoms with Crippen molar-refractivity contribution in [3.8, 4) is 0 Å². The van der Waals surface area contributed by atoms with E-state index >= 15 is 0 Å². The zero-order chi connectivity index (χ0) is 15.4. The van der Waals surface area contributed by atoms with Crippen molar-refractivity contribution >= 4 is 0 Å². The third-order valence-corrected chi connectivity index (χ3v) is 5.28. The minimum atomic E-state index is 0.360. The summed E-state index contributed by atoms with van der Waals surface area (Å²) in [5.41, 5.74) is 4.61. The van der Waals surface area contributed by atoms with E-state index in [2.05, 4.69) is 73.8 Å². The molecule has 1 heteroatoms. The number of hydrogen-bond donors (Lipinski definition) is 1. The Kier molecular flexibility index (Phi) is 4.63. The Morgan fingerprint density at radius 2 is 1.59 bits per heavy atom. The third kappa shape index (κ3) is 3.59. The van der Waals surface area contributed by atoms with E-state index in [1.54, 1.807) is 0 Å². The van der Waals surface area contributed by atoms with Crippen LogP contribution >= 0.6 is 0 Å². The van der Waals surface area contributed by atoms with Gasteiger partial charge in [0, 0.05) is 12.6 Å². The lowest BCUT2D eigenvalue weighted by Gasteiger charge is -2.38. The average Bonchev–Trinajstić information content (AvgIpc) is 2.56. The van der Waals surface area contributed by atoms with E-state index in [0.717, 1.165) is 6.54 Å². The first kappa shape index (κ1) is 15.3. The predicted octanol–water partition coefficient (Wildman–Crippen LogP) is 4.99. The van der Waals surface area contributed by atoms with E-state index in [0.29, 0.717) is 11.5 Å². The normalized spacial score (nSPS) is 25.1. The topological polar surface area (TPSA) is 12.0 Å². The third-order valence-electron chi connectivity index (χ3n) is 5.28. The maximum atomic E-state index is 3.74. The molecule has 116 valence electrons. The van der Waals surface area contributed by atoms with E-state index in [1.807, 2.05) is 0 Å². The highest BCUT2D eigenvalue weighted by Crippen LogP contribution is 2.39. The zero-order valence-electron chi connectivity index (χ0n) is 13.8. The van der Waals surface area contributed by atoms with Crippen LogP contribution in [0.15, 0.2) is 54.6 Å². The van der Waals surface area contributed by atoms with Gasteiger partial charge in [0.25, 0.3) is 0 Å². The van der Waals surface area contributed by atoms with Crippen LogP contribution in [0.25, 0.3) is 0 Å². The molecule has 3 rings (SSSR count). The van der Waals surface area contributed by atoms with Gasteiger partial charge < -0.3 is 5.32 Å². The maximum absolute atomic E-state index is 3.74. The predicted molar refractivity (Wildman–Crippen MR) is 94.1 cm³/mol. The lowest BCUT2D eigenvalue weighted by molar-refractivity contribution is 0.263. The van der Waals surface area contributed by atoms with Gasteiger partial charge in [0.1, 0.15) is 0 Å². The van der Waals surface area contributed by atoms with Crippen molar-refractivity contribution in [2.24, 2.45) is 0 Å². The summed E-state index contributed by atoms with van der Waals surface area (Å²) >= 11 is 0. The van der Waals surface area contributed by atoms with E-state index in [4.69, 9.17) is 0 Å². The van der Waals surface area contributed by atoms with Gasteiger partial charge in [-0.05, 0) is 49.1 Å². The van der Waals surface area contributed by atoms with Gasteiger partial charge in [0.2, 0.25) is 0 Å². The maximum Gasteiger partial charge on any atom is 0.0208 e. The van der Waals surface area contributed by atoms with Gasteiger partial charge in [0.05, 0.1) is 0 Å². The van der Waals surface area contributed by atoms with Crippen molar-refractivity contribution in [2.45, 2.75) is 57.5 Å². The molecule has 1 aliphatic rings. The van der Waals surface area contributed by atoms with Crippen molar-refractivity contribution < 1.29 is 0 Å². The molecule has 0 amide bonds. The summed E-state index contributed by atoms with van der Waals surface area (Å²) in [5.74, 6) is 0. The Balaban J connectivity index is 1.54. The smallest absolute Gasteiger partial charge is 0.0208 e. The molecule has 1 saturated carbocycles. The van der Waals surface area contributed by atoms with Gasteiger partial charge in [-0.2, -0.15) is 0 Å². The largest absolute Gasteiger partial charge is 0.310 e. The summed E-state index contributed by atoms with van der Waals surface area (Å²) in [5, 5.41) is 3.74. The molecule has 0 bridgehead atoms. The summed E-state index contributed by atoms with van der Waals surface area (Å²) in [6.45, 7) is 5.59. The zero-order valence-corrected chi connectivity index (χ0v) is 13.8. The lowest BCUT2D eigenvalue weighted by atomic mass is 9.69. The highest BCUT2D eigenvalue weighted by Gasteiger charge is 2.32. The van der Waals surface area contributed by atoms with Crippen LogP contribution in [0.1, 0.15) is 49.3 Å². The summed E-state index contributed by atoms with van der Waals surface area (Å²) in [6.07, 6.45) is 5.11. The lowest BCUT2D eigenvalue weighted by Crippen LogP contribution is -2.38. The molecule has 2 aromatic rings. The quantitative estimate of drug-likeness (QED) is 0.838. The second-order valence-corrected chi connectivity index (χ2v) is 7.07. The van der Waals surface area contributed by atoms with Gasteiger partial charge in [-0.1, -0.05) is 67.1 Å². The fourth-order valence-corrected chi connectivity index (χ4v) is 3.56. The molecule has 0 aliphatic heterocycles. The monoisotopic (exact) mass is 293 g/mol. The highest BCUT2D eigenvalue weighted by atomic mass is 14.9. The van der Waals surface area contributed by atoms with E-state index < -0.39 is 0 Å². The van der Waals surface area contributed by atoms with Crippen LogP contribution in [0.4, 0.5) is 0 Å². The Morgan fingerprint density at radius 3 is 2.23 bits per heavy atom. The van der Waals surface area contributed by atoms with Crippen LogP contribution in [-0.4, -0.2) is 6.04 Å². The van der Waals surface area contributed by atoms with Gasteiger partial charge in [0.15, 0.2) is 0 Å². The SMILES string of the molecule is Cc1ccc([C@]2(C)CC[C@H](NCc3ccccc3)CC2)cc1. The minimum Gasteiger partial charge on any atom is -0.310 e. The second-order valence-electron chi connectivity index (χ2n) is 7.07. The summed E-state index contributed by atoms with van der Waals surface area (Å²) in [6, 6.07) is 20.5. The summed E-state index contributed by atoms with van der Waals surface area (Å²) in [7, 11) is 0. The molecule has 0 saturated heterocycles. The molecule has 0 heterocycles.